The van der Waals surface area contributed by atoms with Crippen LogP contribution in [-0.2, 0) is 0 Å². The molecule has 0 aliphatic carbocycles. The predicted molar refractivity (Wildman–Crippen MR) is 88.9 cm³/mol. The van der Waals surface area contributed by atoms with Crippen molar-refractivity contribution in [3.8, 4) is 5.75 Å². The normalized spacial score (nSPS) is 10.7. The third-order valence-corrected chi connectivity index (χ3v) is 3.25. The van der Waals surface area contributed by atoms with Crippen molar-refractivity contribution in [1.82, 2.24) is 5.43 Å². The van der Waals surface area contributed by atoms with E-state index in [1.54, 1.807) is 18.3 Å². The summed E-state index contributed by atoms with van der Waals surface area (Å²) in [6.07, 6.45) is 1.57. The van der Waals surface area contributed by atoms with Crippen LogP contribution in [0.2, 0.25) is 5.02 Å². The van der Waals surface area contributed by atoms with Gasteiger partial charge < -0.3 is 4.74 Å². The number of nitrogens with zero attached hydrogens (tertiary/aromatic N) is 1. The highest BCUT2D eigenvalue weighted by Gasteiger charge is 2.08. The van der Waals surface area contributed by atoms with Crippen LogP contribution in [0.4, 0.5) is 0 Å². The highest BCUT2D eigenvalue weighted by atomic mass is 35.5. The van der Waals surface area contributed by atoms with E-state index in [0.29, 0.717) is 17.2 Å². The first-order valence-corrected chi connectivity index (χ1v) is 7.30. The summed E-state index contributed by atoms with van der Waals surface area (Å²) in [5, 5.41) is 4.34. The fourth-order valence-corrected chi connectivity index (χ4v) is 2.17. The van der Waals surface area contributed by atoms with E-state index < -0.39 is 0 Å². The van der Waals surface area contributed by atoms with Crippen LogP contribution < -0.4 is 10.2 Å². The summed E-state index contributed by atoms with van der Waals surface area (Å²) in [6.45, 7) is 4.47. The number of nitrogens with one attached hydrogen (secondary N) is 1. The average Bonchev–Trinajstić information content (AvgIpc) is 2.49. The Morgan fingerprint density at radius 2 is 2.00 bits per heavy atom. The molecule has 0 aliphatic rings. The van der Waals surface area contributed by atoms with Crippen molar-refractivity contribution in [1.29, 1.82) is 0 Å². The van der Waals surface area contributed by atoms with E-state index in [0.717, 1.165) is 16.9 Å². The van der Waals surface area contributed by atoms with Crippen LogP contribution >= 0.6 is 11.6 Å². The van der Waals surface area contributed by atoms with Gasteiger partial charge in [0.25, 0.3) is 5.91 Å². The second kappa shape index (κ2) is 7.61. The molecule has 0 aliphatic heterocycles. The fourth-order valence-electron chi connectivity index (χ4n) is 1.85. The first-order chi connectivity index (χ1) is 10.6. The van der Waals surface area contributed by atoms with Gasteiger partial charge in [0.1, 0.15) is 5.75 Å². The SMILES string of the molecule is CCOc1ccc(/C=N/NC(=O)c2ccc(C)cc2Cl)cc1. The molecule has 4 nitrogen and oxygen atoms in total. The molecule has 2 aromatic carbocycles. The minimum Gasteiger partial charge on any atom is -0.494 e. The zero-order chi connectivity index (χ0) is 15.9. The number of ether oxygens (including phenoxy) is 1. The van der Waals surface area contributed by atoms with Crippen LogP contribution in [0.25, 0.3) is 0 Å². The Morgan fingerprint density at radius 3 is 2.64 bits per heavy atom. The number of hydrazone groups is 1. The number of hydrogen-bond acceptors (Lipinski definition) is 3. The van der Waals surface area contributed by atoms with Gasteiger partial charge in [0.2, 0.25) is 0 Å². The number of amides is 1. The summed E-state index contributed by atoms with van der Waals surface area (Å²) in [4.78, 5) is 12.0. The standard InChI is InChI=1S/C17H17ClN2O2/c1-3-22-14-7-5-13(6-8-14)11-19-20-17(21)15-9-4-12(2)10-16(15)18/h4-11H,3H2,1-2H3,(H,20,21)/b19-11+. The summed E-state index contributed by atoms with van der Waals surface area (Å²) < 4.78 is 5.36. The number of carbonyl (C=O) groups is 1. The number of rotatable bonds is 5. The zero-order valence-corrected chi connectivity index (χ0v) is 13.2. The summed E-state index contributed by atoms with van der Waals surface area (Å²) in [5.41, 5.74) is 4.72. The van der Waals surface area contributed by atoms with Crippen LogP contribution in [-0.4, -0.2) is 18.7 Å². The molecule has 5 heteroatoms. The minimum absolute atomic E-state index is 0.341. The smallest absolute Gasteiger partial charge is 0.272 e. The summed E-state index contributed by atoms with van der Waals surface area (Å²) >= 11 is 6.04. The van der Waals surface area contributed by atoms with Crippen molar-refractivity contribution in [2.75, 3.05) is 6.61 Å². The summed E-state index contributed by atoms with van der Waals surface area (Å²) in [6, 6.07) is 12.7. The lowest BCUT2D eigenvalue weighted by molar-refractivity contribution is 0.0955. The highest BCUT2D eigenvalue weighted by Crippen LogP contribution is 2.17. The third-order valence-electron chi connectivity index (χ3n) is 2.94. The van der Waals surface area contributed by atoms with Crippen LogP contribution in [0.15, 0.2) is 47.6 Å². The van der Waals surface area contributed by atoms with E-state index in [1.807, 2.05) is 44.2 Å². The molecule has 114 valence electrons. The molecule has 0 aromatic heterocycles. The average molecular weight is 317 g/mol. The van der Waals surface area contributed by atoms with Crippen LogP contribution in [0, 0.1) is 6.92 Å². The Kier molecular flexibility index (Phi) is 5.55. The Balaban J connectivity index is 1.98. The van der Waals surface area contributed by atoms with E-state index in [9.17, 15) is 4.79 Å². The molecule has 1 N–H and O–H groups in total. The first-order valence-electron chi connectivity index (χ1n) is 6.92. The molecule has 0 fully saturated rings. The number of carbonyl (C=O) groups excluding carboxylic acids is 1. The Bertz CT molecular complexity index is 682. The number of aryl methyl sites for hydroxylation is 1. The van der Waals surface area contributed by atoms with Gasteiger partial charge in [0, 0.05) is 0 Å². The van der Waals surface area contributed by atoms with Crippen molar-refractivity contribution < 1.29 is 9.53 Å². The maximum Gasteiger partial charge on any atom is 0.272 e. The molecule has 2 aromatic rings. The molecule has 0 saturated carbocycles. The molecular formula is C17H17ClN2O2. The lowest BCUT2D eigenvalue weighted by Gasteiger charge is -2.04. The Hall–Kier alpha value is -2.33. The Morgan fingerprint density at radius 1 is 1.27 bits per heavy atom. The molecule has 22 heavy (non-hydrogen) atoms. The quantitative estimate of drug-likeness (QED) is 0.673. The van der Waals surface area contributed by atoms with Gasteiger partial charge in [-0.25, -0.2) is 5.43 Å². The molecule has 0 saturated heterocycles. The summed E-state index contributed by atoms with van der Waals surface area (Å²) in [7, 11) is 0. The zero-order valence-electron chi connectivity index (χ0n) is 12.5. The molecule has 0 bridgehead atoms. The van der Waals surface area contributed by atoms with Crippen LogP contribution in [0.3, 0.4) is 0 Å². The number of hydrogen-bond donors (Lipinski definition) is 1. The number of benzene rings is 2. The van der Waals surface area contributed by atoms with Crippen molar-refractivity contribution in [3.05, 3.63) is 64.2 Å². The van der Waals surface area contributed by atoms with Gasteiger partial charge in [-0.15, -0.1) is 0 Å². The van der Waals surface area contributed by atoms with Crippen molar-refractivity contribution >= 4 is 23.7 Å². The molecule has 0 unspecified atom stereocenters. The van der Waals surface area contributed by atoms with Gasteiger partial charge in [0.15, 0.2) is 0 Å². The van der Waals surface area contributed by atoms with E-state index in [2.05, 4.69) is 10.5 Å². The van der Waals surface area contributed by atoms with Gasteiger partial charge in [-0.1, -0.05) is 17.7 Å². The molecular weight excluding hydrogens is 300 g/mol. The number of halogens is 1. The van der Waals surface area contributed by atoms with Crippen molar-refractivity contribution in [2.24, 2.45) is 5.10 Å². The molecule has 0 atom stereocenters. The molecule has 0 spiro atoms. The molecule has 0 radical (unpaired) electrons. The van der Waals surface area contributed by atoms with E-state index in [-0.39, 0.29) is 5.91 Å². The van der Waals surface area contributed by atoms with E-state index in [4.69, 9.17) is 16.3 Å². The van der Waals surface area contributed by atoms with Gasteiger partial charge in [0.05, 0.1) is 23.4 Å². The van der Waals surface area contributed by atoms with Gasteiger partial charge in [-0.3, -0.25) is 4.79 Å². The largest absolute Gasteiger partial charge is 0.494 e. The van der Waals surface area contributed by atoms with Crippen LogP contribution in [0.1, 0.15) is 28.4 Å². The van der Waals surface area contributed by atoms with Crippen molar-refractivity contribution in [3.63, 3.8) is 0 Å². The maximum absolute atomic E-state index is 12.0. The third kappa shape index (κ3) is 4.33. The van der Waals surface area contributed by atoms with Gasteiger partial charge in [-0.2, -0.15) is 5.10 Å². The molecule has 1 amide bonds. The molecule has 0 heterocycles. The topological polar surface area (TPSA) is 50.7 Å². The minimum atomic E-state index is -0.341. The summed E-state index contributed by atoms with van der Waals surface area (Å²) in [5.74, 6) is 0.460. The molecule has 2 rings (SSSR count). The monoisotopic (exact) mass is 316 g/mol. The maximum atomic E-state index is 12.0. The fraction of sp³-hybridized carbons (Fsp3) is 0.176. The lowest BCUT2D eigenvalue weighted by atomic mass is 10.1. The predicted octanol–water partition coefficient (Wildman–Crippen LogP) is 3.81. The lowest BCUT2D eigenvalue weighted by Crippen LogP contribution is -2.18. The second-order valence-electron chi connectivity index (χ2n) is 4.68. The van der Waals surface area contributed by atoms with Gasteiger partial charge in [-0.05, 0) is 61.4 Å². The van der Waals surface area contributed by atoms with E-state index in [1.165, 1.54) is 0 Å². The van der Waals surface area contributed by atoms with E-state index >= 15 is 0 Å². The first kappa shape index (κ1) is 16.0. The Labute approximate surface area is 134 Å². The van der Waals surface area contributed by atoms with Crippen molar-refractivity contribution in [2.45, 2.75) is 13.8 Å². The second-order valence-corrected chi connectivity index (χ2v) is 5.09. The van der Waals surface area contributed by atoms with Crippen LogP contribution in [0.5, 0.6) is 5.75 Å². The highest BCUT2D eigenvalue weighted by molar-refractivity contribution is 6.33. The van der Waals surface area contributed by atoms with Gasteiger partial charge >= 0.3 is 0 Å².